The molecule has 1 N–H and O–H groups in total. The normalized spacial score (nSPS) is 10.6. The Balaban J connectivity index is 2.09. The van der Waals surface area contributed by atoms with Crippen LogP contribution in [0.5, 0.6) is 0 Å². The van der Waals surface area contributed by atoms with Gasteiger partial charge in [0.05, 0.1) is 6.61 Å². The van der Waals surface area contributed by atoms with Gasteiger partial charge in [-0.25, -0.2) is 0 Å². The molecule has 0 aliphatic carbocycles. The van der Waals surface area contributed by atoms with E-state index in [1.165, 1.54) is 0 Å². The lowest BCUT2D eigenvalue weighted by molar-refractivity contribution is 0.281. The van der Waals surface area contributed by atoms with Gasteiger partial charge in [0.15, 0.2) is 0 Å². The molecule has 4 heteroatoms. The Morgan fingerprint density at radius 1 is 1.17 bits per heavy atom. The van der Waals surface area contributed by atoms with Gasteiger partial charge in [-0.1, -0.05) is 35.9 Å². The highest BCUT2D eigenvalue weighted by atomic mass is 79.9. The van der Waals surface area contributed by atoms with Crippen LogP contribution in [0.25, 0.3) is 0 Å². The Morgan fingerprint density at radius 2 is 1.94 bits per heavy atom. The number of hydrogen-bond donors (Lipinski definition) is 1. The maximum absolute atomic E-state index is 9.05. The average Bonchev–Trinajstić information content (AvgIpc) is 2.39. The largest absolute Gasteiger partial charge is 0.392 e. The molecule has 0 radical (unpaired) electrons. The van der Waals surface area contributed by atoms with Gasteiger partial charge in [-0.3, -0.25) is 0 Å². The summed E-state index contributed by atoms with van der Waals surface area (Å²) in [6, 6.07) is 13.7. The number of rotatable bonds is 4. The van der Waals surface area contributed by atoms with Crippen molar-refractivity contribution in [3.8, 4) is 0 Å². The second kappa shape index (κ2) is 6.62. The van der Waals surface area contributed by atoms with Crippen molar-refractivity contribution < 1.29 is 5.11 Å². The molecule has 0 unspecified atom stereocenters. The van der Waals surface area contributed by atoms with Crippen LogP contribution in [0.4, 0.5) is 0 Å². The molecule has 0 amide bonds. The molecule has 2 aromatic rings. The summed E-state index contributed by atoms with van der Waals surface area (Å²) in [5.41, 5.74) is 2.03. The zero-order valence-corrected chi connectivity index (χ0v) is 12.7. The van der Waals surface area contributed by atoms with Crippen molar-refractivity contribution in [3.05, 3.63) is 63.1 Å². The molecule has 18 heavy (non-hydrogen) atoms. The van der Waals surface area contributed by atoms with Crippen molar-refractivity contribution in [1.29, 1.82) is 0 Å². The van der Waals surface area contributed by atoms with Crippen molar-refractivity contribution in [2.75, 3.05) is 0 Å². The summed E-state index contributed by atoms with van der Waals surface area (Å²) in [5, 5.41) is 9.85. The minimum absolute atomic E-state index is 0.0636. The molecule has 1 nitrogen and oxygen atoms in total. The maximum atomic E-state index is 9.05. The first kappa shape index (κ1) is 13.9. The standard InChI is InChI=1S/C14H12BrClOS/c15-12-7-10(8-17)5-6-14(12)18-9-11-3-1-2-4-13(11)16/h1-7,17H,8-9H2. The molecule has 2 rings (SSSR count). The first-order chi connectivity index (χ1) is 8.70. The molecule has 2 aromatic carbocycles. The number of benzene rings is 2. The fourth-order valence-electron chi connectivity index (χ4n) is 1.53. The van der Waals surface area contributed by atoms with Crippen molar-refractivity contribution in [2.24, 2.45) is 0 Å². The lowest BCUT2D eigenvalue weighted by Gasteiger charge is -2.07. The van der Waals surface area contributed by atoms with Gasteiger partial charge in [-0.15, -0.1) is 11.8 Å². The molecular formula is C14H12BrClOS. The summed E-state index contributed by atoms with van der Waals surface area (Å²) in [5.74, 6) is 0.830. The van der Waals surface area contributed by atoms with Crippen LogP contribution >= 0.6 is 39.3 Å². The average molecular weight is 344 g/mol. The summed E-state index contributed by atoms with van der Waals surface area (Å²) in [6.07, 6.45) is 0. The van der Waals surface area contributed by atoms with E-state index in [-0.39, 0.29) is 6.61 Å². The highest BCUT2D eigenvalue weighted by Gasteiger charge is 2.04. The Morgan fingerprint density at radius 3 is 2.61 bits per heavy atom. The van der Waals surface area contributed by atoms with E-state index < -0.39 is 0 Å². The predicted molar refractivity (Wildman–Crippen MR) is 81.1 cm³/mol. The van der Waals surface area contributed by atoms with Gasteiger partial charge >= 0.3 is 0 Å². The van der Waals surface area contributed by atoms with Crippen molar-refractivity contribution in [3.63, 3.8) is 0 Å². The van der Waals surface area contributed by atoms with Crippen LogP contribution in [0.15, 0.2) is 51.8 Å². The van der Waals surface area contributed by atoms with Crippen LogP contribution in [0.2, 0.25) is 5.02 Å². The summed E-state index contributed by atoms with van der Waals surface area (Å²) in [6.45, 7) is 0.0636. The molecular weight excluding hydrogens is 332 g/mol. The molecule has 0 aromatic heterocycles. The fourth-order valence-corrected chi connectivity index (χ4v) is 3.51. The fraction of sp³-hybridized carbons (Fsp3) is 0.143. The number of aliphatic hydroxyl groups is 1. The van der Waals surface area contributed by atoms with Crippen molar-refractivity contribution in [2.45, 2.75) is 17.3 Å². The Labute approximate surface area is 124 Å². The van der Waals surface area contributed by atoms with Crippen molar-refractivity contribution in [1.82, 2.24) is 0 Å². The second-order valence-corrected chi connectivity index (χ2v) is 6.08. The smallest absolute Gasteiger partial charge is 0.0682 e. The van der Waals surface area contributed by atoms with E-state index in [2.05, 4.69) is 15.9 Å². The van der Waals surface area contributed by atoms with E-state index in [0.717, 1.165) is 31.3 Å². The Bertz CT molecular complexity index is 545. The summed E-state index contributed by atoms with van der Waals surface area (Å²) in [7, 11) is 0. The molecule has 0 bridgehead atoms. The van der Waals surface area contributed by atoms with Crippen molar-refractivity contribution >= 4 is 39.3 Å². The monoisotopic (exact) mass is 342 g/mol. The first-order valence-electron chi connectivity index (χ1n) is 5.46. The van der Waals surface area contributed by atoms with E-state index in [0.29, 0.717) is 0 Å². The third kappa shape index (κ3) is 3.51. The molecule has 0 atom stereocenters. The third-order valence-electron chi connectivity index (χ3n) is 2.52. The van der Waals surface area contributed by atoms with Gasteiger partial charge in [0, 0.05) is 20.1 Å². The number of hydrogen-bond acceptors (Lipinski definition) is 2. The topological polar surface area (TPSA) is 20.2 Å². The molecule has 0 aliphatic heterocycles. The highest BCUT2D eigenvalue weighted by Crippen LogP contribution is 2.32. The van der Waals surface area contributed by atoms with E-state index >= 15 is 0 Å². The van der Waals surface area contributed by atoms with E-state index in [9.17, 15) is 0 Å². The maximum Gasteiger partial charge on any atom is 0.0682 e. The quantitative estimate of drug-likeness (QED) is 0.798. The second-order valence-electron chi connectivity index (χ2n) is 3.80. The van der Waals surface area contributed by atoms with Crippen LogP contribution in [-0.2, 0) is 12.4 Å². The zero-order chi connectivity index (χ0) is 13.0. The van der Waals surface area contributed by atoms with E-state index in [4.69, 9.17) is 16.7 Å². The molecule has 0 heterocycles. The lowest BCUT2D eigenvalue weighted by atomic mass is 10.2. The minimum atomic E-state index is 0.0636. The van der Waals surface area contributed by atoms with Gasteiger partial charge in [-0.2, -0.15) is 0 Å². The van der Waals surface area contributed by atoms with Crippen LogP contribution in [0.3, 0.4) is 0 Å². The molecule has 94 valence electrons. The van der Waals surface area contributed by atoms with Crippen LogP contribution < -0.4 is 0 Å². The molecule has 0 fully saturated rings. The van der Waals surface area contributed by atoms with Gasteiger partial charge in [0.2, 0.25) is 0 Å². The molecule has 0 saturated heterocycles. The summed E-state index contributed by atoms with van der Waals surface area (Å²) >= 11 is 11.4. The Kier molecular flexibility index (Phi) is 5.13. The summed E-state index contributed by atoms with van der Waals surface area (Å²) in [4.78, 5) is 1.15. The minimum Gasteiger partial charge on any atom is -0.392 e. The van der Waals surface area contributed by atoms with Gasteiger partial charge in [0.25, 0.3) is 0 Å². The number of halogens is 2. The van der Waals surface area contributed by atoms with Crippen LogP contribution in [0, 0.1) is 0 Å². The molecule has 0 saturated carbocycles. The van der Waals surface area contributed by atoms with Crippen LogP contribution in [-0.4, -0.2) is 5.11 Å². The number of aliphatic hydroxyl groups excluding tert-OH is 1. The van der Waals surface area contributed by atoms with E-state index in [1.807, 2.05) is 42.5 Å². The predicted octanol–water partition coefficient (Wildman–Crippen LogP) is 4.89. The van der Waals surface area contributed by atoms with E-state index in [1.54, 1.807) is 11.8 Å². The third-order valence-corrected chi connectivity index (χ3v) is 4.93. The van der Waals surface area contributed by atoms with Crippen LogP contribution in [0.1, 0.15) is 11.1 Å². The van der Waals surface area contributed by atoms with Gasteiger partial charge in [0.1, 0.15) is 0 Å². The highest BCUT2D eigenvalue weighted by molar-refractivity contribution is 9.10. The molecule has 0 aliphatic rings. The van der Waals surface area contributed by atoms with Gasteiger partial charge in [-0.05, 0) is 45.3 Å². The number of thioether (sulfide) groups is 1. The Hall–Kier alpha value is -0.480. The SMILES string of the molecule is OCc1ccc(SCc2ccccc2Cl)c(Br)c1. The zero-order valence-electron chi connectivity index (χ0n) is 9.57. The lowest BCUT2D eigenvalue weighted by Crippen LogP contribution is -1.86. The first-order valence-corrected chi connectivity index (χ1v) is 7.62. The van der Waals surface area contributed by atoms with Gasteiger partial charge < -0.3 is 5.11 Å². The summed E-state index contributed by atoms with van der Waals surface area (Å²) < 4.78 is 1.01. The molecule has 0 spiro atoms.